The first-order valence-corrected chi connectivity index (χ1v) is 10.6. The van der Waals surface area contributed by atoms with Crippen molar-refractivity contribution in [3.63, 3.8) is 0 Å². The second-order valence-electron chi connectivity index (χ2n) is 8.88. The van der Waals surface area contributed by atoms with Crippen LogP contribution in [0.5, 0.6) is 5.75 Å². The van der Waals surface area contributed by atoms with E-state index < -0.39 is 18.1 Å². The molecule has 2 aromatic heterocycles. The molecule has 3 heterocycles. The van der Waals surface area contributed by atoms with E-state index in [4.69, 9.17) is 10.5 Å². The number of pyridine rings is 1. The van der Waals surface area contributed by atoms with Crippen LogP contribution in [0.25, 0.3) is 16.7 Å². The lowest BCUT2D eigenvalue weighted by Gasteiger charge is -2.41. The van der Waals surface area contributed by atoms with Crippen LogP contribution < -0.4 is 20.7 Å². The van der Waals surface area contributed by atoms with Crippen LogP contribution in [0.15, 0.2) is 36.5 Å². The van der Waals surface area contributed by atoms with Gasteiger partial charge >= 0.3 is 12.5 Å². The zero-order valence-electron chi connectivity index (χ0n) is 18.9. The Hall–Kier alpha value is -3.54. The molecule has 1 fully saturated rings. The maximum Gasteiger partial charge on any atom is 0.573 e. The number of carbonyl (C=O) groups is 1. The summed E-state index contributed by atoms with van der Waals surface area (Å²) in [4.78, 5) is 18.5. The number of alkyl carbamates (subject to hydrolysis) is 1. The summed E-state index contributed by atoms with van der Waals surface area (Å²) in [5.41, 5.74) is 7.85. The highest BCUT2D eigenvalue weighted by Crippen LogP contribution is 2.33. The first kappa shape index (κ1) is 23.6. The first-order chi connectivity index (χ1) is 15.9. The van der Waals surface area contributed by atoms with E-state index >= 15 is 0 Å². The van der Waals surface area contributed by atoms with Gasteiger partial charge in [0.2, 0.25) is 0 Å². The van der Waals surface area contributed by atoms with E-state index in [0.29, 0.717) is 30.1 Å². The van der Waals surface area contributed by atoms with Gasteiger partial charge in [0.1, 0.15) is 11.4 Å². The molecule has 0 saturated carbocycles. The molecule has 1 aliphatic heterocycles. The highest BCUT2D eigenvalue weighted by atomic mass is 19.4. The van der Waals surface area contributed by atoms with Crippen LogP contribution in [0.4, 0.5) is 23.7 Å². The van der Waals surface area contributed by atoms with Crippen molar-refractivity contribution in [1.29, 1.82) is 0 Å². The number of fused-ring (bicyclic) bond motifs is 1. The van der Waals surface area contributed by atoms with Crippen molar-refractivity contribution in [2.45, 2.75) is 45.3 Å². The molecule has 4 rings (SSSR count). The van der Waals surface area contributed by atoms with Crippen LogP contribution >= 0.6 is 0 Å². The van der Waals surface area contributed by atoms with Gasteiger partial charge in [0.15, 0.2) is 5.65 Å². The molecule has 0 spiro atoms. The number of halogens is 3. The summed E-state index contributed by atoms with van der Waals surface area (Å²) in [6.07, 6.45) is -3.60. The molecule has 0 aliphatic carbocycles. The number of rotatable bonds is 5. The quantitative estimate of drug-likeness (QED) is 0.578. The van der Waals surface area contributed by atoms with Gasteiger partial charge in [-0.2, -0.15) is 5.10 Å². The van der Waals surface area contributed by atoms with E-state index in [-0.39, 0.29) is 18.3 Å². The Labute approximate surface area is 193 Å². The van der Waals surface area contributed by atoms with Crippen LogP contribution in [-0.4, -0.2) is 52.0 Å². The minimum atomic E-state index is -4.77. The van der Waals surface area contributed by atoms with E-state index in [1.165, 1.54) is 28.9 Å². The fourth-order valence-electron chi connectivity index (χ4n) is 3.71. The molecule has 0 bridgehead atoms. The molecular formula is C22H25F3N6O3. The summed E-state index contributed by atoms with van der Waals surface area (Å²) in [7, 11) is 0. The predicted molar refractivity (Wildman–Crippen MR) is 119 cm³/mol. The Bertz CT molecular complexity index is 1180. The van der Waals surface area contributed by atoms with Gasteiger partial charge in [-0.1, -0.05) is 0 Å². The third kappa shape index (κ3) is 5.16. The Balaban J connectivity index is 1.56. The van der Waals surface area contributed by atoms with Crippen LogP contribution in [-0.2, 0) is 11.3 Å². The zero-order chi connectivity index (χ0) is 24.7. The van der Waals surface area contributed by atoms with Crippen molar-refractivity contribution in [2.75, 3.05) is 18.0 Å². The number of alkyl halides is 3. The van der Waals surface area contributed by atoms with Gasteiger partial charge in [0.05, 0.1) is 28.5 Å². The zero-order valence-corrected chi connectivity index (χ0v) is 18.9. The fraction of sp³-hybridized carbons (Fsp3) is 0.409. The monoisotopic (exact) mass is 478 g/mol. The average Bonchev–Trinajstić information content (AvgIpc) is 3.08. The summed E-state index contributed by atoms with van der Waals surface area (Å²) in [6.45, 7) is 6.68. The normalized spacial score (nSPS) is 14.7. The third-order valence-electron chi connectivity index (χ3n) is 5.07. The van der Waals surface area contributed by atoms with Gasteiger partial charge in [0.25, 0.3) is 0 Å². The molecule has 3 aromatic rings. The van der Waals surface area contributed by atoms with Crippen LogP contribution in [0.2, 0.25) is 0 Å². The lowest BCUT2D eigenvalue weighted by molar-refractivity contribution is -0.274. The van der Waals surface area contributed by atoms with Crippen molar-refractivity contribution in [2.24, 2.45) is 5.73 Å². The van der Waals surface area contributed by atoms with Crippen LogP contribution in [0, 0.1) is 0 Å². The van der Waals surface area contributed by atoms with Crippen LogP contribution in [0.1, 0.15) is 26.5 Å². The number of hydrogen-bond donors (Lipinski definition) is 2. The number of hydrogen-bond acceptors (Lipinski definition) is 7. The lowest BCUT2D eigenvalue weighted by Crippen LogP contribution is -2.60. The number of aromatic nitrogens is 3. The molecule has 182 valence electrons. The molecule has 3 N–H and O–H groups in total. The van der Waals surface area contributed by atoms with Gasteiger partial charge < -0.3 is 25.4 Å². The minimum absolute atomic E-state index is 0.0735. The average molecular weight is 478 g/mol. The van der Waals surface area contributed by atoms with Crippen molar-refractivity contribution in [1.82, 2.24) is 20.1 Å². The van der Waals surface area contributed by atoms with Gasteiger partial charge in [-0.25, -0.2) is 14.5 Å². The molecule has 34 heavy (non-hydrogen) atoms. The minimum Gasteiger partial charge on any atom is -0.444 e. The Morgan fingerprint density at radius 1 is 1.18 bits per heavy atom. The number of nitrogens with one attached hydrogen (secondary N) is 1. The smallest absolute Gasteiger partial charge is 0.444 e. The first-order valence-electron chi connectivity index (χ1n) is 10.6. The molecule has 0 atom stereocenters. The standard InChI is InChI=1S/C22H25F3N6O3/c1-21(2,3)34-20(32)28-13-11-30(12-13)17-8-9-27-19-18(17)16(10-26)29-31(19)14-4-6-15(7-5-14)33-22(23,24)25/h4-9,13H,10-12,26H2,1-3H3,(H,28,32). The summed E-state index contributed by atoms with van der Waals surface area (Å²) >= 11 is 0. The summed E-state index contributed by atoms with van der Waals surface area (Å²) in [5, 5.41) is 8.13. The number of amides is 1. The Morgan fingerprint density at radius 2 is 1.85 bits per heavy atom. The molecule has 1 amide bonds. The summed E-state index contributed by atoms with van der Waals surface area (Å²) in [6, 6.07) is 7.13. The predicted octanol–water partition coefficient (Wildman–Crippen LogP) is 3.49. The number of anilines is 1. The number of nitrogens with two attached hydrogens (primary N) is 1. The molecule has 12 heteroatoms. The number of nitrogens with zero attached hydrogens (tertiary/aromatic N) is 4. The highest BCUT2D eigenvalue weighted by molar-refractivity contribution is 5.93. The number of ether oxygens (including phenoxy) is 2. The summed E-state index contributed by atoms with van der Waals surface area (Å²) < 4.78 is 48.1. The molecular weight excluding hydrogens is 453 g/mol. The Morgan fingerprint density at radius 3 is 2.44 bits per heavy atom. The van der Waals surface area contributed by atoms with E-state index in [1.807, 2.05) is 6.07 Å². The SMILES string of the molecule is CC(C)(C)OC(=O)NC1CN(c2ccnc3c2c(CN)nn3-c2ccc(OC(F)(F)F)cc2)C1. The van der Waals surface area contributed by atoms with Gasteiger partial charge in [-0.15, -0.1) is 13.2 Å². The Kier molecular flexibility index (Phi) is 6.02. The third-order valence-corrected chi connectivity index (χ3v) is 5.07. The summed E-state index contributed by atoms with van der Waals surface area (Å²) in [5.74, 6) is -0.329. The largest absolute Gasteiger partial charge is 0.573 e. The fourth-order valence-corrected chi connectivity index (χ4v) is 3.71. The van der Waals surface area contributed by atoms with E-state index in [9.17, 15) is 18.0 Å². The maximum atomic E-state index is 12.5. The number of carbonyl (C=O) groups excluding carboxylic acids is 1. The molecule has 1 saturated heterocycles. The van der Waals surface area contributed by atoms with Crippen LogP contribution in [0.3, 0.4) is 0 Å². The van der Waals surface area contributed by atoms with E-state index in [1.54, 1.807) is 27.0 Å². The van der Waals surface area contributed by atoms with Crippen molar-refractivity contribution in [3.05, 3.63) is 42.2 Å². The molecule has 9 nitrogen and oxygen atoms in total. The van der Waals surface area contributed by atoms with Crippen molar-refractivity contribution in [3.8, 4) is 11.4 Å². The molecule has 1 aliphatic rings. The molecule has 1 aromatic carbocycles. The maximum absolute atomic E-state index is 12.5. The topological polar surface area (TPSA) is 108 Å². The highest BCUT2D eigenvalue weighted by Gasteiger charge is 2.33. The van der Waals surface area contributed by atoms with Gasteiger partial charge in [-0.3, -0.25) is 0 Å². The lowest BCUT2D eigenvalue weighted by atomic mass is 10.1. The second kappa shape index (κ2) is 8.67. The molecule has 0 unspecified atom stereocenters. The van der Waals surface area contributed by atoms with Crippen molar-refractivity contribution < 1.29 is 27.4 Å². The van der Waals surface area contributed by atoms with Gasteiger partial charge in [-0.05, 0) is 51.1 Å². The molecule has 0 radical (unpaired) electrons. The van der Waals surface area contributed by atoms with Gasteiger partial charge in [0, 0.05) is 25.8 Å². The number of benzene rings is 1. The second-order valence-corrected chi connectivity index (χ2v) is 8.88. The van der Waals surface area contributed by atoms with E-state index in [2.05, 4.69) is 25.0 Å². The van der Waals surface area contributed by atoms with Crippen molar-refractivity contribution >= 4 is 22.8 Å². The van der Waals surface area contributed by atoms with E-state index in [0.717, 1.165) is 11.1 Å².